The lowest BCUT2D eigenvalue weighted by molar-refractivity contribution is 0.0950. The van der Waals surface area contributed by atoms with Crippen molar-refractivity contribution in [1.29, 1.82) is 0 Å². The van der Waals surface area contributed by atoms with Crippen LogP contribution in [-0.2, 0) is 15.6 Å². The molecule has 1 amide bonds. The Balaban J connectivity index is 2.08. The second-order valence-electron chi connectivity index (χ2n) is 4.28. The molecule has 0 fully saturated rings. The molecule has 4 nitrogen and oxygen atoms in total. The van der Waals surface area contributed by atoms with E-state index < -0.39 is 9.05 Å². The number of carbonyl (C=O) groups excluding carboxylic acids is 1. The first-order valence-electron chi connectivity index (χ1n) is 5.85. The summed E-state index contributed by atoms with van der Waals surface area (Å²) in [5.74, 6) is -0.228. The van der Waals surface area contributed by atoms with Gasteiger partial charge in [-0.2, -0.15) is 0 Å². The topological polar surface area (TPSA) is 63.2 Å². The van der Waals surface area contributed by atoms with Gasteiger partial charge in [-0.05, 0) is 46.6 Å². The molecular formula is C13H11BrClNO3S2. The van der Waals surface area contributed by atoms with E-state index >= 15 is 0 Å². The van der Waals surface area contributed by atoms with Gasteiger partial charge in [-0.1, -0.05) is 12.1 Å². The molecule has 112 valence electrons. The number of thiophene rings is 1. The summed E-state index contributed by atoms with van der Waals surface area (Å²) in [7, 11) is 1.54. The molecule has 8 heteroatoms. The largest absolute Gasteiger partial charge is 0.347 e. The van der Waals surface area contributed by atoms with Crippen LogP contribution in [0.3, 0.4) is 0 Å². The van der Waals surface area contributed by atoms with Gasteiger partial charge in [0.1, 0.15) is 4.21 Å². The van der Waals surface area contributed by atoms with Crippen molar-refractivity contribution in [3.8, 4) is 0 Å². The molecule has 0 saturated heterocycles. The molecule has 0 aliphatic heterocycles. The number of amides is 1. The van der Waals surface area contributed by atoms with E-state index in [1.165, 1.54) is 6.07 Å². The van der Waals surface area contributed by atoms with Crippen LogP contribution >= 0.6 is 37.9 Å². The minimum absolute atomic E-state index is 0.0742. The normalized spacial score (nSPS) is 11.4. The SMILES string of the molecule is Cc1cccc(C(=O)NCc2ccc(S(=O)(=O)Cl)s2)c1Br. The van der Waals surface area contributed by atoms with Crippen LogP contribution in [0.1, 0.15) is 20.8 Å². The summed E-state index contributed by atoms with van der Waals surface area (Å²) in [5, 5.41) is 2.75. The van der Waals surface area contributed by atoms with E-state index in [0.717, 1.165) is 21.4 Å². The molecule has 1 aromatic carbocycles. The second kappa shape index (κ2) is 6.48. The maximum atomic E-state index is 12.1. The average Bonchev–Trinajstić information content (AvgIpc) is 2.88. The standard InChI is InChI=1S/C13H11BrClNO3S2/c1-8-3-2-4-10(12(8)14)13(17)16-7-9-5-6-11(20-9)21(15,18)19/h2-6H,7H2,1H3,(H,16,17). The quantitative estimate of drug-likeness (QED) is 0.785. The molecule has 0 unspecified atom stereocenters. The smallest absolute Gasteiger partial charge is 0.270 e. The number of hydrogen-bond acceptors (Lipinski definition) is 4. The minimum Gasteiger partial charge on any atom is -0.347 e. The third-order valence-corrected chi connectivity index (χ3v) is 6.97. The first-order chi connectivity index (χ1) is 9.79. The highest BCUT2D eigenvalue weighted by atomic mass is 79.9. The van der Waals surface area contributed by atoms with Crippen LogP contribution in [0.4, 0.5) is 0 Å². The van der Waals surface area contributed by atoms with Gasteiger partial charge >= 0.3 is 0 Å². The average molecular weight is 409 g/mol. The zero-order valence-corrected chi connectivity index (χ0v) is 14.9. The van der Waals surface area contributed by atoms with Crippen molar-refractivity contribution in [3.05, 3.63) is 50.8 Å². The molecule has 0 aliphatic rings. The van der Waals surface area contributed by atoms with Crippen LogP contribution in [-0.4, -0.2) is 14.3 Å². The first kappa shape index (κ1) is 16.5. The van der Waals surface area contributed by atoms with Gasteiger partial charge < -0.3 is 5.32 Å². The predicted octanol–water partition coefficient (Wildman–Crippen LogP) is 3.68. The van der Waals surface area contributed by atoms with Gasteiger partial charge in [0, 0.05) is 20.0 Å². The van der Waals surface area contributed by atoms with Crippen LogP contribution in [0.25, 0.3) is 0 Å². The summed E-state index contributed by atoms with van der Waals surface area (Å²) in [6.07, 6.45) is 0. The van der Waals surface area contributed by atoms with Crippen molar-refractivity contribution in [3.63, 3.8) is 0 Å². The Morgan fingerprint density at radius 1 is 1.33 bits per heavy atom. The Kier molecular flexibility index (Phi) is 5.08. The lowest BCUT2D eigenvalue weighted by atomic mass is 10.1. The van der Waals surface area contributed by atoms with Crippen molar-refractivity contribution < 1.29 is 13.2 Å². The minimum atomic E-state index is -3.71. The Morgan fingerprint density at radius 3 is 2.67 bits per heavy atom. The number of nitrogens with one attached hydrogen (secondary N) is 1. The summed E-state index contributed by atoms with van der Waals surface area (Å²) < 4.78 is 23.2. The molecule has 1 heterocycles. The Bertz CT molecular complexity index is 786. The number of benzene rings is 1. The van der Waals surface area contributed by atoms with Gasteiger partial charge in [0.25, 0.3) is 15.0 Å². The van der Waals surface area contributed by atoms with Crippen molar-refractivity contribution in [1.82, 2.24) is 5.32 Å². The molecule has 1 N–H and O–H groups in total. The molecule has 0 bridgehead atoms. The van der Waals surface area contributed by atoms with Crippen LogP contribution in [0.15, 0.2) is 39.0 Å². The molecule has 21 heavy (non-hydrogen) atoms. The first-order valence-corrected chi connectivity index (χ1v) is 9.77. The van der Waals surface area contributed by atoms with Gasteiger partial charge in [0.15, 0.2) is 0 Å². The zero-order valence-electron chi connectivity index (χ0n) is 10.9. The van der Waals surface area contributed by atoms with Crippen LogP contribution < -0.4 is 5.32 Å². The van der Waals surface area contributed by atoms with E-state index in [-0.39, 0.29) is 16.7 Å². The van der Waals surface area contributed by atoms with E-state index in [2.05, 4.69) is 21.2 Å². The number of aryl methyl sites for hydroxylation is 1. The zero-order chi connectivity index (χ0) is 15.6. The van der Waals surface area contributed by atoms with Gasteiger partial charge in [-0.15, -0.1) is 11.3 Å². The highest BCUT2D eigenvalue weighted by molar-refractivity contribution is 9.10. The van der Waals surface area contributed by atoms with Gasteiger partial charge in [0.05, 0.1) is 12.1 Å². The predicted molar refractivity (Wildman–Crippen MR) is 87.4 cm³/mol. The highest BCUT2D eigenvalue weighted by Crippen LogP contribution is 2.25. The molecule has 1 aromatic heterocycles. The van der Waals surface area contributed by atoms with E-state index in [1.54, 1.807) is 18.2 Å². The fraction of sp³-hybridized carbons (Fsp3) is 0.154. The fourth-order valence-electron chi connectivity index (χ4n) is 1.67. The molecule has 0 saturated carbocycles. The van der Waals surface area contributed by atoms with Crippen LogP contribution in [0.5, 0.6) is 0 Å². The summed E-state index contributed by atoms with van der Waals surface area (Å²) in [6.45, 7) is 2.15. The maximum Gasteiger partial charge on any atom is 0.270 e. The summed E-state index contributed by atoms with van der Waals surface area (Å²) in [5.41, 5.74) is 1.51. The Morgan fingerprint density at radius 2 is 2.05 bits per heavy atom. The van der Waals surface area contributed by atoms with E-state index in [1.807, 2.05) is 13.0 Å². The lowest BCUT2D eigenvalue weighted by Gasteiger charge is -2.07. The third-order valence-electron chi connectivity index (χ3n) is 2.74. The summed E-state index contributed by atoms with van der Waals surface area (Å²) in [6, 6.07) is 8.48. The maximum absolute atomic E-state index is 12.1. The molecular weight excluding hydrogens is 398 g/mol. The Hall–Kier alpha value is -0.890. The summed E-state index contributed by atoms with van der Waals surface area (Å²) >= 11 is 4.42. The molecule has 0 radical (unpaired) electrons. The van der Waals surface area contributed by atoms with Gasteiger partial charge in [0.2, 0.25) is 0 Å². The van der Waals surface area contributed by atoms with Crippen molar-refractivity contribution in [2.24, 2.45) is 0 Å². The van der Waals surface area contributed by atoms with Crippen LogP contribution in [0.2, 0.25) is 0 Å². The van der Waals surface area contributed by atoms with Gasteiger partial charge in [-0.3, -0.25) is 4.79 Å². The van der Waals surface area contributed by atoms with E-state index in [4.69, 9.17) is 10.7 Å². The van der Waals surface area contributed by atoms with Gasteiger partial charge in [-0.25, -0.2) is 8.42 Å². The lowest BCUT2D eigenvalue weighted by Crippen LogP contribution is -2.22. The van der Waals surface area contributed by atoms with E-state index in [9.17, 15) is 13.2 Å². The molecule has 2 aromatic rings. The van der Waals surface area contributed by atoms with Crippen molar-refractivity contribution in [2.75, 3.05) is 0 Å². The molecule has 0 spiro atoms. The van der Waals surface area contributed by atoms with E-state index in [0.29, 0.717) is 10.4 Å². The van der Waals surface area contributed by atoms with Crippen LogP contribution in [0, 0.1) is 6.92 Å². The number of rotatable bonds is 4. The molecule has 2 rings (SSSR count). The Labute approximate surface area is 139 Å². The van der Waals surface area contributed by atoms with Crippen molar-refractivity contribution >= 4 is 52.9 Å². The third kappa shape index (κ3) is 4.06. The number of carbonyl (C=O) groups is 1. The summed E-state index contributed by atoms with van der Waals surface area (Å²) in [4.78, 5) is 12.8. The van der Waals surface area contributed by atoms with Crippen molar-refractivity contribution in [2.45, 2.75) is 17.7 Å². The number of hydrogen-bond donors (Lipinski definition) is 1. The number of halogens is 2. The molecule has 0 atom stereocenters. The fourth-order valence-corrected chi connectivity index (χ4v) is 4.18. The molecule has 0 aliphatic carbocycles. The monoisotopic (exact) mass is 407 g/mol. The highest BCUT2D eigenvalue weighted by Gasteiger charge is 2.15. The second-order valence-corrected chi connectivity index (χ2v) is 9.03.